The van der Waals surface area contributed by atoms with E-state index in [1.165, 1.54) is 3.97 Å². The number of Topliss-reactive ketones (excluding diaryl/α,β-unsaturated/α-hetero) is 1. The number of aryl methyl sites for hydroxylation is 1. The molecule has 0 aliphatic rings. The summed E-state index contributed by atoms with van der Waals surface area (Å²) >= 11 is 0. The fourth-order valence-electron chi connectivity index (χ4n) is 3.27. The molecule has 0 aliphatic heterocycles. The molecule has 0 bridgehead atoms. The van der Waals surface area contributed by atoms with Crippen LogP contribution in [0.5, 0.6) is 0 Å². The van der Waals surface area contributed by atoms with Gasteiger partial charge in [0, 0.05) is 11.8 Å². The highest BCUT2D eigenvalue weighted by atomic mass is 32.2. The van der Waals surface area contributed by atoms with Gasteiger partial charge in [-0.15, -0.1) is 0 Å². The van der Waals surface area contributed by atoms with E-state index in [1.54, 1.807) is 42.5 Å². The monoisotopic (exact) mass is 389 g/mol. The van der Waals surface area contributed by atoms with E-state index in [9.17, 15) is 13.2 Å². The molecule has 5 heteroatoms. The molecule has 0 amide bonds. The Morgan fingerprint density at radius 2 is 1.50 bits per heavy atom. The van der Waals surface area contributed by atoms with Crippen LogP contribution in [0.1, 0.15) is 21.6 Å². The van der Waals surface area contributed by atoms with Gasteiger partial charge in [0.15, 0.2) is 5.78 Å². The topological polar surface area (TPSA) is 56.1 Å². The van der Waals surface area contributed by atoms with Gasteiger partial charge in [-0.1, -0.05) is 66.2 Å². The molecule has 1 aromatic heterocycles. The number of aromatic nitrogens is 1. The van der Waals surface area contributed by atoms with Crippen molar-refractivity contribution in [2.45, 2.75) is 18.2 Å². The van der Waals surface area contributed by atoms with Gasteiger partial charge in [0.2, 0.25) is 0 Å². The molecular formula is C23H19NO3S. The Morgan fingerprint density at radius 3 is 2.21 bits per heavy atom. The van der Waals surface area contributed by atoms with E-state index in [0.29, 0.717) is 5.52 Å². The molecule has 4 rings (SSSR count). The summed E-state index contributed by atoms with van der Waals surface area (Å²) in [6.45, 7) is 1.90. The Hall–Kier alpha value is -3.18. The number of para-hydroxylation sites is 1. The number of nitrogens with zero attached hydrogens (tertiary/aromatic N) is 1. The molecule has 140 valence electrons. The van der Waals surface area contributed by atoms with Crippen molar-refractivity contribution < 1.29 is 13.2 Å². The maximum atomic E-state index is 13.4. The molecule has 0 fully saturated rings. The number of carbonyl (C=O) groups excluding carboxylic acids is 1. The van der Waals surface area contributed by atoms with Crippen LogP contribution in [0.4, 0.5) is 0 Å². The quantitative estimate of drug-likeness (QED) is 0.468. The Kier molecular flexibility index (Phi) is 4.61. The summed E-state index contributed by atoms with van der Waals surface area (Å²) in [5.74, 6) is -0.238. The number of carbonyl (C=O) groups is 1. The van der Waals surface area contributed by atoms with Crippen molar-refractivity contribution in [3.63, 3.8) is 0 Å². The highest BCUT2D eigenvalue weighted by Crippen LogP contribution is 2.27. The molecule has 0 atom stereocenters. The standard InChI is InChI=1S/C23H19NO3S/c1-17-11-13-20(14-12-17)28(26,27)24-21-10-6-5-9-19(21)16-22(24)23(25)15-18-7-3-2-4-8-18/h2-14,16H,15H2,1H3. The number of benzene rings is 3. The van der Waals surface area contributed by atoms with E-state index in [2.05, 4.69) is 0 Å². The predicted molar refractivity (Wildman–Crippen MR) is 110 cm³/mol. The highest BCUT2D eigenvalue weighted by Gasteiger charge is 2.26. The van der Waals surface area contributed by atoms with Crippen molar-refractivity contribution in [2.75, 3.05) is 0 Å². The van der Waals surface area contributed by atoms with E-state index in [1.807, 2.05) is 49.4 Å². The smallest absolute Gasteiger partial charge is 0.268 e. The fraction of sp³-hybridized carbons (Fsp3) is 0.0870. The van der Waals surface area contributed by atoms with Crippen molar-refractivity contribution in [3.8, 4) is 0 Å². The number of hydrogen-bond donors (Lipinski definition) is 0. The lowest BCUT2D eigenvalue weighted by Crippen LogP contribution is -2.19. The van der Waals surface area contributed by atoms with Crippen molar-refractivity contribution in [1.29, 1.82) is 0 Å². The van der Waals surface area contributed by atoms with Crippen molar-refractivity contribution in [3.05, 3.63) is 102 Å². The third-order valence-electron chi connectivity index (χ3n) is 4.72. The van der Waals surface area contributed by atoms with E-state index >= 15 is 0 Å². The van der Waals surface area contributed by atoms with Gasteiger partial charge >= 0.3 is 0 Å². The zero-order chi connectivity index (χ0) is 19.7. The molecule has 0 aliphatic carbocycles. The second-order valence-electron chi connectivity index (χ2n) is 6.76. The van der Waals surface area contributed by atoms with Gasteiger partial charge in [0.1, 0.15) is 5.69 Å². The zero-order valence-electron chi connectivity index (χ0n) is 15.4. The van der Waals surface area contributed by atoms with E-state index in [0.717, 1.165) is 16.5 Å². The number of ketones is 1. The summed E-state index contributed by atoms with van der Waals surface area (Å²) in [6, 6.07) is 24.8. The highest BCUT2D eigenvalue weighted by molar-refractivity contribution is 7.90. The molecule has 3 aromatic carbocycles. The summed E-state index contributed by atoms with van der Waals surface area (Å²) in [6.07, 6.45) is 0.139. The number of hydrogen-bond acceptors (Lipinski definition) is 3. The van der Waals surface area contributed by atoms with E-state index in [-0.39, 0.29) is 22.8 Å². The Balaban J connectivity index is 1.88. The first-order valence-corrected chi connectivity index (χ1v) is 10.4. The van der Waals surface area contributed by atoms with E-state index < -0.39 is 10.0 Å². The molecule has 4 nitrogen and oxygen atoms in total. The Bertz CT molecular complexity index is 1250. The van der Waals surface area contributed by atoms with Crippen LogP contribution in [0.3, 0.4) is 0 Å². The van der Waals surface area contributed by atoms with Crippen LogP contribution in [-0.4, -0.2) is 18.2 Å². The van der Waals surface area contributed by atoms with Crippen molar-refractivity contribution in [1.82, 2.24) is 3.97 Å². The third-order valence-corrected chi connectivity index (χ3v) is 6.46. The predicted octanol–water partition coefficient (Wildman–Crippen LogP) is 4.61. The van der Waals surface area contributed by atoms with Crippen molar-refractivity contribution >= 4 is 26.7 Å². The minimum Gasteiger partial charge on any atom is -0.292 e. The van der Waals surface area contributed by atoms with Gasteiger partial charge in [-0.25, -0.2) is 12.4 Å². The Morgan fingerprint density at radius 1 is 0.857 bits per heavy atom. The molecule has 0 unspecified atom stereocenters. The van der Waals surface area contributed by atoms with Gasteiger partial charge in [-0.3, -0.25) is 4.79 Å². The van der Waals surface area contributed by atoms with Crippen LogP contribution >= 0.6 is 0 Å². The summed E-state index contributed by atoms with van der Waals surface area (Å²) in [5.41, 5.74) is 2.49. The SMILES string of the molecule is Cc1ccc(S(=O)(=O)n2c(C(=O)Cc3ccccc3)cc3ccccc32)cc1. The normalized spacial score (nSPS) is 11.6. The molecule has 0 saturated carbocycles. The third kappa shape index (κ3) is 3.25. The molecule has 28 heavy (non-hydrogen) atoms. The van der Waals surface area contributed by atoms with Crippen LogP contribution < -0.4 is 0 Å². The summed E-state index contributed by atoms with van der Waals surface area (Å²) in [4.78, 5) is 13.2. The molecule has 0 N–H and O–H groups in total. The molecule has 1 heterocycles. The largest absolute Gasteiger partial charge is 0.292 e. The molecular weight excluding hydrogens is 370 g/mol. The lowest BCUT2D eigenvalue weighted by Gasteiger charge is -2.12. The van der Waals surface area contributed by atoms with Crippen LogP contribution in [0, 0.1) is 6.92 Å². The van der Waals surface area contributed by atoms with Gasteiger partial charge in [-0.2, -0.15) is 0 Å². The molecule has 0 saturated heterocycles. The number of fused-ring (bicyclic) bond motifs is 1. The summed E-state index contributed by atoms with van der Waals surface area (Å²) in [5, 5.41) is 0.717. The summed E-state index contributed by atoms with van der Waals surface area (Å²) in [7, 11) is -3.91. The fourth-order valence-corrected chi connectivity index (χ4v) is 4.80. The lowest BCUT2D eigenvalue weighted by atomic mass is 10.1. The maximum absolute atomic E-state index is 13.4. The molecule has 4 aromatic rings. The average molecular weight is 389 g/mol. The van der Waals surface area contributed by atoms with Crippen LogP contribution in [0.15, 0.2) is 89.8 Å². The zero-order valence-corrected chi connectivity index (χ0v) is 16.2. The van der Waals surface area contributed by atoms with Gasteiger partial charge in [0.05, 0.1) is 10.4 Å². The average Bonchev–Trinajstić information content (AvgIpc) is 3.10. The molecule has 0 radical (unpaired) electrons. The van der Waals surface area contributed by atoms with Gasteiger partial charge in [0.25, 0.3) is 10.0 Å². The van der Waals surface area contributed by atoms with Crippen molar-refractivity contribution in [2.24, 2.45) is 0 Å². The minimum absolute atomic E-state index is 0.139. The van der Waals surface area contributed by atoms with Gasteiger partial charge < -0.3 is 0 Å². The summed E-state index contributed by atoms with van der Waals surface area (Å²) < 4.78 is 28.0. The second-order valence-corrected chi connectivity index (χ2v) is 8.54. The van der Waals surface area contributed by atoms with E-state index in [4.69, 9.17) is 0 Å². The Labute approximate surface area is 164 Å². The van der Waals surface area contributed by atoms with Crippen LogP contribution in [-0.2, 0) is 16.4 Å². The first-order chi connectivity index (χ1) is 13.5. The number of rotatable bonds is 5. The minimum atomic E-state index is -3.91. The first kappa shape index (κ1) is 18.2. The van der Waals surface area contributed by atoms with Gasteiger partial charge in [-0.05, 0) is 36.8 Å². The maximum Gasteiger partial charge on any atom is 0.268 e. The first-order valence-electron chi connectivity index (χ1n) is 8.97. The molecule has 0 spiro atoms. The lowest BCUT2D eigenvalue weighted by molar-refractivity contribution is 0.0987. The van der Waals surface area contributed by atoms with Crippen LogP contribution in [0.25, 0.3) is 10.9 Å². The second kappa shape index (κ2) is 7.09. The van der Waals surface area contributed by atoms with Crippen LogP contribution in [0.2, 0.25) is 0 Å².